The minimum Gasteiger partial charge on any atom is -0.309 e. The SMILES string of the molecule is CCNC(CN1CCCC1C)c1cccc(F)c1F. The first kappa shape index (κ1) is 14.4. The maximum atomic E-state index is 13.9. The predicted octanol–water partition coefficient (Wildman–Crippen LogP) is 3.10. The van der Waals surface area contributed by atoms with Crippen LogP contribution in [0, 0.1) is 11.6 Å². The summed E-state index contributed by atoms with van der Waals surface area (Å²) < 4.78 is 27.3. The number of nitrogens with one attached hydrogen (secondary N) is 1. The van der Waals surface area contributed by atoms with Crippen molar-refractivity contribution in [1.29, 1.82) is 0 Å². The van der Waals surface area contributed by atoms with Crippen molar-refractivity contribution in [2.45, 2.75) is 38.8 Å². The minimum atomic E-state index is -0.769. The molecule has 1 aromatic rings. The number of halogens is 2. The highest BCUT2D eigenvalue weighted by Crippen LogP contribution is 2.24. The van der Waals surface area contributed by atoms with Crippen LogP contribution < -0.4 is 5.32 Å². The molecule has 0 aliphatic carbocycles. The largest absolute Gasteiger partial charge is 0.309 e. The molecule has 0 aromatic heterocycles. The van der Waals surface area contributed by atoms with Gasteiger partial charge in [-0.2, -0.15) is 0 Å². The van der Waals surface area contributed by atoms with Crippen LogP contribution >= 0.6 is 0 Å². The van der Waals surface area contributed by atoms with Gasteiger partial charge < -0.3 is 5.32 Å². The summed E-state index contributed by atoms with van der Waals surface area (Å²) in [5, 5.41) is 3.27. The third-order valence-corrected chi connectivity index (χ3v) is 3.92. The smallest absolute Gasteiger partial charge is 0.163 e. The third-order valence-electron chi connectivity index (χ3n) is 3.92. The standard InChI is InChI=1S/C15H22F2N2/c1-3-18-14(10-19-9-5-6-11(19)2)12-7-4-8-13(16)15(12)17/h4,7-8,11,14,18H,3,5-6,9-10H2,1-2H3. The summed E-state index contributed by atoms with van der Waals surface area (Å²) in [5.74, 6) is -1.49. The van der Waals surface area contributed by atoms with Crippen LogP contribution in [0.25, 0.3) is 0 Å². The van der Waals surface area contributed by atoms with Crippen LogP contribution in [0.3, 0.4) is 0 Å². The van der Waals surface area contributed by atoms with Gasteiger partial charge in [-0.15, -0.1) is 0 Å². The van der Waals surface area contributed by atoms with E-state index < -0.39 is 11.6 Å². The number of likely N-dealkylation sites (N-methyl/N-ethyl adjacent to an activating group) is 1. The highest BCUT2D eigenvalue weighted by atomic mass is 19.2. The van der Waals surface area contributed by atoms with Crippen molar-refractivity contribution in [3.63, 3.8) is 0 Å². The quantitative estimate of drug-likeness (QED) is 0.882. The van der Waals surface area contributed by atoms with Gasteiger partial charge in [0, 0.05) is 24.2 Å². The Balaban J connectivity index is 2.17. The van der Waals surface area contributed by atoms with E-state index in [4.69, 9.17) is 0 Å². The summed E-state index contributed by atoms with van der Waals surface area (Å²) in [6.07, 6.45) is 2.37. The van der Waals surface area contributed by atoms with E-state index in [0.717, 1.165) is 19.6 Å². The molecule has 1 saturated heterocycles. The van der Waals surface area contributed by atoms with E-state index in [2.05, 4.69) is 17.1 Å². The molecular formula is C15H22F2N2. The Labute approximate surface area is 113 Å². The van der Waals surface area contributed by atoms with Crippen LogP contribution in [0.15, 0.2) is 18.2 Å². The molecular weight excluding hydrogens is 246 g/mol. The Morgan fingerprint density at radius 1 is 1.42 bits per heavy atom. The monoisotopic (exact) mass is 268 g/mol. The Bertz CT molecular complexity index is 423. The van der Waals surface area contributed by atoms with Crippen molar-refractivity contribution in [2.24, 2.45) is 0 Å². The number of likely N-dealkylation sites (tertiary alicyclic amines) is 1. The maximum absolute atomic E-state index is 13.9. The predicted molar refractivity (Wildman–Crippen MR) is 73.0 cm³/mol. The van der Waals surface area contributed by atoms with Crippen LogP contribution in [-0.4, -0.2) is 30.6 Å². The van der Waals surface area contributed by atoms with Crippen molar-refractivity contribution in [3.8, 4) is 0 Å². The Morgan fingerprint density at radius 2 is 2.21 bits per heavy atom. The Hall–Kier alpha value is -1.00. The molecule has 2 unspecified atom stereocenters. The minimum absolute atomic E-state index is 0.152. The van der Waals surface area contributed by atoms with E-state index in [1.54, 1.807) is 12.1 Å². The Morgan fingerprint density at radius 3 is 2.84 bits per heavy atom. The van der Waals surface area contributed by atoms with Crippen molar-refractivity contribution in [2.75, 3.05) is 19.6 Å². The van der Waals surface area contributed by atoms with E-state index in [1.807, 2.05) is 6.92 Å². The topological polar surface area (TPSA) is 15.3 Å². The van der Waals surface area contributed by atoms with E-state index in [9.17, 15) is 8.78 Å². The van der Waals surface area contributed by atoms with Gasteiger partial charge in [0.05, 0.1) is 0 Å². The van der Waals surface area contributed by atoms with Crippen LogP contribution in [0.1, 0.15) is 38.3 Å². The third kappa shape index (κ3) is 3.31. The number of benzene rings is 1. The average Bonchev–Trinajstić information content (AvgIpc) is 2.78. The van der Waals surface area contributed by atoms with Crippen molar-refractivity contribution < 1.29 is 8.78 Å². The Kier molecular flexibility index (Phi) is 4.88. The van der Waals surface area contributed by atoms with Crippen molar-refractivity contribution >= 4 is 0 Å². The first-order valence-electron chi connectivity index (χ1n) is 7.04. The molecule has 4 heteroatoms. The lowest BCUT2D eigenvalue weighted by molar-refractivity contribution is 0.235. The zero-order valence-corrected chi connectivity index (χ0v) is 11.6. The zero-order chi connectivity index (χ0) is 13.8. The lowest BCUT2D eigenvalue weighted by Gasteiger charge is -2.28. The molecule has 0 bridgehead atoms. The first-order valence-corrected chi connectivity index (χ1v) is 7.04. The van der Waals surface area contributed by atoms with Crippen LogP contribution in [0.2, 0.25) is 0 Å². The lowest BCUT2D eigenvalue weighted by Crippen LogP contribution is -2.37. The van der Waals surface area contributed by atoms with E-state index in [0.29, 0.717) is 11.6 Å². The molecule has 19 heavy (non-hydrogen) atoms. The first-order chi connectivity index (χ1) is 9.13. The normalized spacial score (nSPS) is 21.8. The van der Waals surface area contributed by atoms with Gasteiger partial charge in [-0.1, -0.05) is 19.1 Å². The highest BCUT2D eigenvalue weighted by molar-refractivity contribution is 5.23. The fourth-order valence-electron chi connectivity index (χ4n) is 2.81. The molecule has 0 radical (unpaired) electrons. The maximum Gasteiger partial charge on any atom is 0.163 e. The summed E-state index contributed by atoms with van der Waals surface area (Å²) in [6, 6.07) is 4.79. The number of nitrogens with zero attached hydrogens (tertiary/aromatic N) is 1. The van der Waals surface area contributed by atoms with Gasteiger partial charge in [0.25, 0.3) is 0 Å². The second kappa shape index (κ2) is 6.44. The van der Waals surface area contributed by atoms with Gasteiger partial charge in [0.15, 0.2) is 11.6 Å². The molecule has 0 spiro atoms. The molecule has 2 nitrogen and oxygen atoms in total. The fraction of sp³-hybridized carbons (Fsp3) is 0.600. The van der Waals surface area contributed by atoms with E-state index in [1.165, 1.54) is 18.9 Å². The van der Waals surface area contributed by atoms with Crippen molar-refractivity contribution in [3.05, 3.63) is 35.4 Å². The van der Waals surface area contributed by atoms with Gasteiger partial charge in [0.2, 0.25) is 0 Å². The summed E-state index contributed by atoms with van der Waals surface area (Å²) in [6.45, 7) is 6.69. The molecule has 1 heterocycles. The molecule has 1 fully saturated rings. The van der Waals surface area contributed by atoms with E-state index in [-0.39, 0.29) is 6.04 Å². The molecule has 1 aromatic carbocycles. The molecule has 1 N–H and O–H groups in total. The fourth-order valence-corrected chi connectivity index (χ4v) is 2.81. The van der Waals surface area contributed by atoms with Crippen LogP contribution in [-0.2, 0) is 0 Å². The van der Waals surface area contributed by atoms with E-state index >= 15 is 0 Å². The zero-order valence-electron chi connectivity index (χ0n) is 11.6. The molecule has 106 valence electrons. The second-order valence-electron chi connectivity index (χ2n) is 5.24. The molecule has 2 atom stereocenters. The van der Waals surface area contributed by atoms with Crippen LogP contribution in [0.4, 0.5) is 8.78 Å². The molecule has 0 amide bonds. The molecule has 0 saturated carbocycles. The molecule has 2 rings (SSSR count). The van der Waals surface area contributed by atoms with Gasteiger partial charge in [-0.05, 0) is 38.9 Å². The molecule has 1 aliphatic rings. The average molecular weight is 268 g/mol. The van der Waals surface area contributed by atoms with Gasteiger partial charge >= 0.3 is 0 Å². The van der Waals surface area contributed by atoms with Crippen molar-refractivity contribution in [1.82, 2.24) is 10.2 Å². The summed E-state index contributed by atoms with van der Waals surface area (Å²) >= 11 is 0. The van der Waals surface area contributed by atoms with Crippen LogP contribution in [0.5, 0.6) is 0 Å². The summed E-state index contributed by atoms with van der Waals surface area (Å²) in [5.41, 5.74) is 0.431. The summed E-state index contributed by atoms with van der Waals surface area (Å²) in [7, 11) is 0. The lowest BCUT2D eigenvalue weighted by atomic mass is 10.0. The number of hydrogen-bond acceptors (Lipinski definition) is 2. The summed E-state index contributed by atoms with van der Waals surface area (Å²) in [4.78, 5) is 2.34. The molecule has 1 aliphatic heterocycles. The van der Waals surface area contributed by atoms with Gasteiger partial charge in [-0.3, -0.25) is 4.90 Å². The number of rotatable bonds is 5. The second-order valence-corrected chi connectivity index (χ2v) is 5.24. The number of hydrogen-bond donors (Lipinski definition) is 1. The van der Waals surface area contributed by atoms with Gasteiger partial charge in [0.1, 0.15) is 0 Å². The highest BCUT2D eigenvalue weighted by Gasteiger charge is 2.25. The van der Waals surface area contributed by atoms with Gasteiger partial charge in [-0.25, -0.2) is 8.78 Å².